The number of pyridine rings is 1. The predicted octanol–water partition coefficient (Wildman–Crippen LogP) is 2.43. The first-order valence-electron chi connectivity index (χ1n) is 6.80. The van der Waals surface area contributed by atoms with Crippen LogP contribution >= 0.6 is 15.9 Å². The van der Waals surface area contributed by atoms with Crippen LogP contribution in [0.1, 0.15) is 36.7 Å². The van der Waals surface area contributed by atoms with Crippen molar-refractivity contribution in [2.24, 2.45) is 11.7 Å². The summed E-state index contributed by atoms with van der Waals surface area (Å²) in [4.78, 5) is 18.8. The van der Waals surface area contributed by atoms with Gasteiger partial charge in [-0.05, 0) is 60.3 Å². The molecule has 1 heterocycles. The molecule has 2 unspecified atom stereocenters. The monoisotopic (exact) mass is 325 g/mol. The number of nitrogens with two attached hydrogens (primary N) is 1. The second-order valence-electron chi connectivity index (χ2n) is 4.92. The van der Waals surface area contributed by atoms with Gasteiger partial charge >= 0.3 is 0 Å². The van der Waals surface area contributed by atoms with Crippen LogP contribution in [0.5, 0.6) is 0 Å². The van der Waals surface area contributed by atoms with E-state index in [1.165, 1.54) is 0 Å². The summed E-state index contributed by atoms with van der Waals surface area (Å²) in [5.74, 6) is 0.423. The van der Waals surface area contributed by atoms with E-state index < -0.39 is 0 Å². The van der Waals surface area contributed by atoms with Gasteiger partial charge in [0.2, 0.25) is 0 Å². The van der Waals surface area contributed by atoms with Crippen LogP contribution in [0, 0.1) is 5.92 Å². The molecule has 0 saturated heterocycles. The van der Waals surface area contributed by atoms with Crippen LogP contribution in [0.25, 0.3) is 0 Å². The summed E-state index contributed by atoms with van der Waals surface area (Å²) in [7, 11) is 0. The third kappa shape index (κ3) is 2.98. The fraction of sp³-hybridized carbons (Fsp3) is 0.571. The van der Waals surface area contributed by atoms with Crippen molar-refractivity contribution in [3.05, 3.63) is 28.5 Å². The van der Waals surface area contributed by atoms with Gasteiger partial charge in [0.15, 0.2) is 0 Å². The van der Waals surface area contributed by atoms with E-state index in [9.17, 15) is 4.79 Å². The van der Waals surface area contributed by atoms with Crippen molar-refractivity contribution in [1.82, 2.24) is 9.88 Å². The molecular weight excluding hydrogens is 306 g/mol. The molecule has 0 aliphatic heterocycles. The van der Waals surface area contributed by atoms with Crippen LogP contribution in [-0.2, 0) is 0 Å². The van der Waals surface area contributed by atoms with E-state index in [2.05, 4.69) is 20.9 Å². The van der Waals surface area contributed by atoms with Gasteiger partial charge in [-0.1, -0.05) is 6.42 Å². The van der Waals surface area contributed by atoms with E-state index in [-0.39, 0.29) is 11.9 Å². The van der Waals surface area contributed by atoms with Crippen LogP contribution in [0.2, 0.25) is 0 Å². The Hall–Kier alpha value is -0.940. The van der Waals surface area contributed by atoms with Crippen molar-refractivity contribution in [2.75, 3.05) is 13.1 Å². The SMILES string of the molecule is CCN(C(=O)c1ncccc1Br)C1CCCC1CN. The maximum atomic E-state index is 12.6. The van der Waals surface area contributed by atoms with E-state index in [1.54, 1.807) is 6.20 Å². The summed E-state index contributed by atoms with van der Waals surface area (Å²) in [6.07, 6.45) is 4.97. The van der Waals surface area contributed by atoms with Gasteiger partial charge in [0, 0.05) is 23.3 Å². The second-order valence-corrected chi connectivity index (χ2v) is 5.77. The summed E-state index contributed by atoms with van der Waals surface area (Å²) in [5, 5.41) is 0. The maximum Gasteiger partial charge on any atom is 0.273 e. The quantitative estimate of drug-likeness (QED) is 0.924. The summed E-state index contributed by atoms with van der Waals surface area (Å²) >= 11 is 3.40. The van der Waals surface area contributed by atoms with E-state index in [1.807, 2.05) is 24.0 Å². The maximum absolute atomic E-state index is 12.6. The zero-order valence-corrected chi connectivity index (χ0v) is 12.8. The summed E-state index contributed by atoms with van der Waals surface area (Å²) in [6.45, 7) is 3.36. The zero-order valence-electron chi connectivity index (χ0n) is 11.2. The van der Waals surface area contributed by atoms with E-state index in [0.29, 0.717) is 24.7 Å². The Bertz CT molecular complexity index is 452. The van der Waals surface area contributed by atoms with Gasteiger partial charge in [-0.15, -0.1) is 0 Å². The molecule has 1 aromatic heterocycles. The molecular formula is C14H20BrN3O. The van der Waals surface area contributed by atoms with Gasteiger partial charge in [0.1, 0.15) is 5.69 Å². The molecule has 104 valence electrons. The molecule has 0 radical (unpaired) electrons. The molecule has 1 aliphatic carbocycles. The number of amides is 1. The lowest BCUT2D eigenvalue weighted by molar-refractivity contribution is 0.0645. The molecule has 1 saturated carbocycles. The fourth-order valence-electron chi connectivity index (χ4n) is 2.91. The van der Waals surface area contributed by atoms with Crippen LogP contribution in [0.4, 0.5) is 0 Å². The summed E-state index contributed by atoms with van der Waals surface area (Å²) < 4.78 is 0.751. The molecule has 4 nitrogen and oxygen atoms in total. The number of aromatic nitrogens is 1. The largest absolute Gasteiger partial charge is 0.334 e. The highest BCUT2D eigenvalue weighted by atomic mass is 79.9. The molecule has 1 amide bonds. The van der Waals surface area contributed by atoms with Crippen molar-refractivity contribution in [2.45, 2.75) is 32.2 Å². The normalized spacial score (nSPS) is 22.5. The zero-order chi connectivity index (χ0) is 13.8. The Morgan fingerprint density at radius 2 is 2.37 bits per heavy atom. The lowest BCUT2D eigenvalue weighted by atomic mass is 10.0. The van der Waals surface area contributed by atoms with Gasteiger partial charge in [-0.3, -0.25) is 4.79 Å². The Balaban J connectivity index is 2.22. The molecule has 2 rings (SSSR count). The third-order valence-corrected chi connectivity index (χ3v) is 4.52. The van der Waals surface area contributed by atoms with Crippen molar-refractivity contribution in [3.63, 3.8) is 0 Å². The lowest BCUT2D eigenvalue weighted by Crippen LogP contribution is -2.44. The predicted molar refractivity (Wildman–Crippen MR) is 78.8 cm³/mol. The van der Waals surface area contributed by atoms with Crippen LogP contribution < -0.4 is 5.73 Å². The fourth-order valence-corrected chi connectivity index (χ4v) is 3.33. The molecule has 1 aliphatic rings. The third-order valence-electron chi connectivity index (χ3n) is 3.88. The lowest BCUT2D eigenvalue weighted by Gasteiger charge is -2.31. The van der Waals surface area contributed by atoms with Crippen molar-refractivity contribution in [3.8, 4) is 0 Å². The minimum Gasteiger partial charge on any atom is -0.334 e. The average molecular weight is 326 g/mol. The number of carbonyl (C=O) groups is 1. The molecule has 2 N–H and O–H groups in total. The second kappa shape index (κ2) is 6.48. The highest BCUT2D eigenvalue weighted by Crippen LogP contribution is 2.30. The Morgan fingerprint density at radius 3 is 3.00 bits per heavy atom. The Morgan fingerprint density at radius 1 is 1.58 bits per heavy atom. The molecule has 5 heteroatoms. The smallest absolute Gasteiger partial charge is 0.273 e. The number of nitrogens with zero attached hydrogens (tertiary/aromatic N) is 2. The molecule has 0 aromatic carbocycles. The first-order valence-corrected chi connectivity index (χ1v) is 7.59. The van der Waals surface area contributed by atoms with E-state index >= 15 is 0 Å². The molecule has 19 heavy (non-hydrogen) atoms. The summed E-state index contributed by atoms with van der Waals surface area (Å²) in [6, 6.07) is 3.93. The standard InChI is InChI=1S/C14H20BrN3O/c1-2-18(12-7-3-5-10(12)9-16)14(19)13-11(15)6-4-8-17-13/h4,6,8,10,12H,2-3,5,7,9,16H2,1H3. The van der Waals surface area contributed by atoms with E-state index in [4.69, 9.17) is 5.73 Å². The highest BCUT2D eigenvalue weighted by Gasteiger charge is 2.34. The molecule has 2 atom stereocenters. The van der Waals surface area contributed by atoms with Gasteiger partial charge in [-0.2, -0.15) is 0 Å². The number of hydrogen-bond donors (Lipinski definition) is 1. The van der Waals surface area contributed by atoms with Crippen molar-refractivity contribution < 1.29 is 4.79 Å². The molecule has 0 bridgehead atoms. The van der Waals surface area contributed by atoms with Gasteiger partial charge in [0.05, 0.1) is 0 Å². The van der Waals surface area contributed by atoms with Crippen LogP contribution in [0.3, 0.4) is 0 Å². The highest BCUT2D eigenvalue weighted by molar-refractivity contribution is 9.10. The average Bonchev–Trinajstić information content (AvgIpc) is 2.88. The number of hydrogen-bond acceptors (Lipinski definition) is 3. The van der Waals surface area contributed by atoms with Gasteiger partial charge in [0.25, 0.3) is 5.91 Å². The van der Waals surface area contributed by atoms with Crippen molar-refractivity contribution >= 4 is 21.8 Å². The Labute approximate surface area is 122 Å². The number of rotatable bonds is 4. The van der Waals surface area contributed by atoms with E-state index in [0.717, 1.165) is 23.7 Å². The molecule has 0 spiro atoms. The Kier molecular flexibility index (Phi) is 4.93. The number of halogens is 1. The minimum absolute atomic E-state index is 0.000301. The first-order chi connectivity index (χ1) is 9.19. The van der Waals surface area contributed by atoms with Crippen molar-refractivity contribution in [1.29, 1.82) is 0 Å². The first kappa shape index (κ1) is 14.5. The van der Waals surface area contributed by atoms with Gasteiger partial charge in [-0.25, -0.2) is 4.98 Å². The van der Waals surface area contributed by atoms with Gasteiger partial charge < -0.3 is 10.6 Å². The number of carbonyl (C=O) groups excluding carboxylic acids is 1. The molecule has 1 fully saturated rings. The summed E-state index contributed by atoms with van der Waals surface area (Å²) in [5.41, 5.74) is 6.32. The van der Waals surface area contributed by atoms with Crippen LogP contribution in [-0.4, -0.2) is 34.9 Å². The minimum atomic E-state index is 0.000301. The topological polar surface area (TPSA) is 59.2 Å². The van der Waals surface area contributed by atoms with Crippen LogP contribution in [0.15, 0.2) is 22.8 Å². The molecule has 1 aromatic rings.